The van der Waals surface area contributed by atoms with Crippen LogP contribution in [0.5, 0.6) is 0 Å². The van der Waals surface area contributed by atoms with E-state index < -0.39 is 0 Å². The van der Waals surface area contributed by atoms with Gasteiger partial charge in [-0.25, -0.2) is 0 Å². The van der Waals surface area contributed by atoms with E-state index in [1.54, 1.807) is 11.8 Å². The van der Waals surface area contributed by atoms with Gasteiger partial charge in [-0.05, 0) is 26.0 Å². The molecule has 0 bridgehead atoms. The van der Waals surface area contributed by atoms with Crippen LogP contribution in [0.15, 0.2) is 0 Å². The van der Waals surface area contributed by atoms with Gasteiger partial charge in [0, 0.05) is 6.54 Å². The Hall–Kier alpha value is 0.0700. The van der Waals surface area contributed by atoms with Crippen molar-refractivity contribution in [1.82, 2.24) is 5.32 Å². The first kappa shape index (κ1) is 17.5. The quantitative estimate of drug-likeness (QED) is 0.785. The van der Waals surface area contributed by atoms with Gasteiger partial charge < -0.3 is 11.1 Å². The predicted octanol–water partition coefficient (Wildman–Crippen LogP) is 1.65. The highest BCUT2D eigenvalue weighted by Gasteiger charge is 2.29. The molecule has 15 heavy (non-hydrogen) atoms. The van der Waals surface area contributed by atoms with Crippen LogP contribution in [0.4, 0.5) is 0 Å². The molecule has 92 valence electrons. The Bertz CT molecular complexity index is 202. The molecule has 2 unspecified atom stereocenters. The Balaban J connectivity index is 0. The monoisotopic (exact) mass is 254 g/mol. The van der Waals surface area contributed by atoms with Gasteiger partial charge in [0.15, 0.2) is 0 Å². The summed E-state index contributed by atoms with van der Waals surface area (Å²) >= 11 is 1.54. The van der Waals surface area contributed by atoms with Crippen LogP contribution >= 0.6 is 24.2 Å². The van der Waals surface area contributed by atoms with Crippen molar-refractivity contribution in [3.63, 3.8) is 0 Å². The number of nitrogens with one attached hydrogen (secondary N) is 1. The maximum absolute atomic E-state index is 11.7. The van der Waals surface area contributed by atoms with Crippen molar-refractivity contribution in [3.05, 3.63) is 0 Å². The molecule has 0 saturated carbocycles. The lowest BCUT2D eigenvalue weighted by Gasteiger charge is -2.34. The third kappa shape index (κ3) is 5.09. The smallest absolute Gasteiger partial charge is 0.233 e. The van der Waals surface area contributed by atoms with Crippen LogP contribution in [0.1, 0.15) is 27.7 Å². The highest BCUT2D eigenvalue weighted by molar-refractivity contribution is 7.99. The van der Waals surface area contributed by atoms with Gasteiger partial charge in [-0.3, -0.25) is 4.79 Å². The number of carbonyl (C=O) groups is 1. The van der Waals surface area contributed by atoms with Crippen LogP contribution in [0.3, 0.4) is 0 Å². The minimum absolute atomic E-state index is 0. The summed E-state index contributed by atoms with van der Waals surface area (Å²) in [6.07, 6.45) is 1.93. The molecule has 1 amide bonds. The molecule has 0 aromatic heterocycles. The van der Waals surface area contributed by atoms with Gasteiger partial charge in [0.05, 0.1) is 10.8 Å². The Morgan fingerprint density at radius 1 is 1.47 bits per heavy atom. The van der Waals surface area contributed by atoms with E-state index in [1.165, 1.54) is 0 Å². The van der Waals surface area contributed by atoms with E-state index in [0.29, 0.717) is 12.5 Å². The Morgan fingerprint density at radius 2 is 1.93 bits per heavy atom. The molecule has 0 rings (SSSR count). The van der Waals surface area contributed by atoms with Gasteiger partial charge >= 0.3 is 0 Å². The molecule has 0 aromatic rings. The largest absolute Gasteiger partial charge is 0.348 e. The van der Waals surface area contributed by atoms with Gasteiger partial charge in [0.1, 0.15) is 0 Å². The molecular formula is C10H23ClN2OS. The van der Waals surface area contributed by atoms with E-state index in [4.69, 9.17) is 5.73 Å². The number of amides is 1. The first-order chi connectivity index (χ1) is 6.37. The average Bonchev–Trinajstić information content (AvgIpc) is 2.15. The van der Waals surface area contributed by atoms with Crippen molar-refractivity contribution < 1.29 is 4.79 Å². The molecule has 0 aliphatic carbocycles. The number of thioether (sulfide) groups is 1. The van der Waals surface area contributed by atoms with E-state index >= 15 is 0 Å². The van der Waals surface area contributed by atoms with Gasteiger partial charge in [0.25, 0.3) is 0 Å². The zero-order valence-electron chi connectivity index (χ0n) is 10.2. The zero-order chi connectivity index (χ0) is 11.4. The molecule has 0 heterocycles. The van der Waals surface area contributed by atoms with Gasteiger partial charge in [-0.1, -0.05) is 13.8 Å². The highest BCUT2D eigenvalue weighted by atomic mass is 35.5. The second-order valence-electron chi connectivity index (χ2n) is 4.14. The van der Waals surface area contributed by atoms with Crippen molar-refractivity contribution in [2.45, 2.75) is 38.5 Å². The summed E-state index contributed by atoms with van der Waals surface area (Å²) < 4.78 is 0. The minimum Gasteiger partial charge on any atom is -0.348 e. The fourth-order valence-electron chi connectivity index (χ4n) is 0.921. The average molecular weight is 255 g/mol. The molecule has 0 radical (unpaired) electrons. The standard InChI is InChI=1S/C10H22N2OS.ClH/c1-7(2)10(4,6-11)12-9(13)8(3)14-5;/h7-8H,6,11H2,1-5H3,(H,12,13);1H. The second-order valence-corrected chi connectivity index (χ2v) is 5.32. The third-order valence-electron chi connectivity index (χ3n) is 2.83. The van der Waals surface area contributed by atoms with E-state index in [0.717, 1.165) is 0 Å². The summed E-state index contributed by atoms with van der Waals surface area (Å²) in [6, 6.07) is 0. The summed E-state index contributed by atoms with van der Waals surface area (Å²) in [6.45, 7) is 8.49. The van der Waals surface area contributed by atoms with Gasteiger partial charge in [0.2, 0.25) is 5.91 Å². The maximum Gasteiger partial charge on any atom is 0.233 e. The Labute approximate surface area is 103 Å². The SMILES string of the molecule is CSC(C)C(=O)NC(C)(CN)C(C)C.Cl. The van der Waals surface area contributed by atoms with Crippen LogP contribution in [-0.2, 0) is 4.79 Å². The van der Waals surface area contributed by atoms with Gasteiger partial charge in [-0.15, -0.1) is 12.4 Å². The normalized spacial score (nSPS) is 16.5. The predicted molar refractivity (Wildman–Crippen MR) is 70.7 cm³/mol. The number of hydrogen-bond donors (Lipinski definition) is 2. The van der Waals surface area contributed by atoms with E-state index in [1.807, 2.05) is 20.1 Å². The number of nitrogens with two attached hydrogens (primary N) is 1. The van der Waals surface area contributed by atoms with Gasteiger partial charge in [-0.2, -0.15) is 11.8 Å². The topological polar surface area (TPSA) is 55.1 Å². The lowest BCUT2D eigenvalue weighted by Crippen LogP contribution is -2.56. The number of carbonyl (C=O) groups excluding carboxylic acids is 1. The summed E-state index contributed by atoms with van der Waals surface area (Å²) in [7, 11) is 0. The van der Waals surface area contributed by atoms with Crippen LogP contribution in [0.2, 0.25) is 0 Å². The molecular weight excluding hydrogens is 232 g/mol. The zero-order valence-corrected chi connectivity index (χ0v) is 11.8. The number of halogens is 1. The summed E-state index contributed by atoms with van der Waals surface area (Å²) in [4.78, 5) is 11.7. The molecule has 5 heteroatoms. The van der Waals surface area contributed by atoms with E-state index in [2.05, 4.69) is 19.2 Å². The maximum atomic E-state index is 11.7. The van der Waals surface area contributed by atoms with Crippen molar-refractivity contribution in [2.24, 2.45) is 11.7 Å². The number of rotatable bonds is 5. The van der Waals surface area contributed by atoms with Crippen LogP contribution < -0.4 is 11.1 Å². The molecule has 0 fully saturated rings. The molecule has 3 N–H and O–H groups in total. The molecule has 0 aromatic carbocycles. The van der Waals surface area contributed by atoms with E-state index in [9.17, 15) is 4.79 Å². The van der Waals surface area contributed by atoms with Crippen LogP contribution in [0.25, 0.3) is 0 Å². The fourth-order valence-corrected chi connectivity index (χ4v) is 1.19. The van der Waals surface area contributed by atoms with Crippen molar-refractivity contribution in [1.29, 1.82) is 0 Å². The second kappa shape index (κ2) is 7.36. The first-order valence-corrected chi connectivity index (χ1v) is 6.21. The minimum atomic E-state index is -0.291. The first-order valence-electron chi connectivity index (χ1n) is 4.92. The lowest BCUT2D eigenvalue weighted by atomic mass is 9.88. The highest BCUT2D eigenvalue weighted by Crippen LogP contribution is 2.16. The van der Waals surface area contributed by atoms with E-state index in [-0.39, 0.29) is 29.1 Å². The van der Waals surface area contributed by atoms with Crippen LogP contribution in [0, 0.1) is 5.92 Å². The molecule has 0 aliphatic heterocycles. The Kier molecular flexibility index (Phi) is 8.57. The summed E-state index contributed by atoms with van der Waals surface area (Å²) in [5, 5.41) is 2.99. The lowest BCUT2D eigenvalue weighted by molar-refractivity contribution is -0.122. The van der Waals surface area contributed by atoms with Crippen molar-refractivity contribution in [2.75, 3.05) is 12.8 Å². The fraction of sp³-hybridized carbons (Fsp3) is 0.900. The van der Waals surface area contributed by atoms with Crippen molar-refractivity contribution >= 4 is 30.1 Å². The summed E-state index contributed by atoms with van der Waals surface area (Å²) in [5.41, 5.74) is 5.39. The van der Waals surface area contributed by atoms with Crippen LogP contribution in [-0.4, -0.2) is 29.5 Å². The third-order valence-corrected chi connectivity index (χ3v) is 3.75. The molecule has 3 nitrogen and oxygen atoms in total. The number of hydrogen-bond acceptors (Lipinski definition) is 3. The Morgan fingerprint density at radius 3 is 2.20 bits per heavy atom. The summed E-state index contributed by atoms with van der Waals surface area (Å²) in [5.74, 6) is 0.407. The molecule has 0 saturated heterocycles. The molecule has 0 spiro atoms. The van der Waals surface area contributed by atoms with Crippen molar-refractivity contribution in [3.8, 4) is 0 Å². The molecule has 2 atom stereocenters. The molecule has 0 aliphatic rings.